The Morgan fingerprint density at radius 3 is 2.83 bits per heavy atom. The van der Waals surface area contributed by atoms with Crippen LogP contribution < -0.4 is 5.32 Å². The molecule has 29 heavy (non-hydrogen) atoms. The molecule has 1 fully saturated rings. The summed E-state index contributed by atoms with van der Waals surface area (Å²) in [7, 11) is 0. The number of nitrogens with zero attached hydrogens (tertiary/aromatic N) is 4. The molecule has 0 unspecified atom stereocenters. The second-order valence-electron chi connectivity index (χ2n) is 7.60. The van der Waals surface area contributed by atoms with Crippen LogP contribution in [0.15, 0.2) is 18.2 Å². The van der Waals surface area contributed by atoms with E-state index < -0.39 is 0 Å². The maximum absolute atomic E-state index is 13.7. The number of fused-ring (bicyclic) bond motifs is 1. The van der Waals surface area contributed by atoms with Gasteiger partial charge < -0.3 is 15.0 Å². The molecule has 156 valence electrons. The minimum atomic E-state index is -0.313. The number of aromatic nitrogens is 2. The lowest BCUT2D eigenvalue weighted by Crippen LogP contribution is -2.49. The van der Waals surface area contributed by atoms with Crippen LogP contribution in [-0.2, 0) is 30.9 Å². The Labute approximate surface area is 170 Å². The van der Waals surface area contributed by atoms with Crippen LogP contribution in [0, 0.1) is 12.7 Å². The molecule has 0 spiro atoms. The average Bonchev–Trinajstić information content (AvgIpc) is 3.09. The first-order valence-electron chi connectivity index (χ1n) is 10.3. The van der Waals surface area contributed by atoms with E-state index in [1.807, 2.05) is 0 Å². The first-order chi connectivity index (χ1) is 14.1. The van der Waals surface area contributed by atoms with Gasteiger partial charge in [0.25, 0.3) is 0 Å². The second kappa shape index (κ2) is 8.51. The smallest absolute Gasteiger partial charge is 0.321 e. The molecule has 0 aliphatic carbocycles. The van der Waals surface area contributed by atoms with E-state index in [9.17, 15) is 9.18 Å². The van der Waals surface area contributed by atoms with Crippen molar-refractivity contribution >= 4 is 11.7 Å². The topological polar surface area (TPSA) is 62.6 Å². The number of aryl methyl sites for hydroxylation is 1. The van der Waals surface area contributed by atoms with Gasteiger partial charge in [-0.1, -0.05) is 6.07 Å². The molecule has 2 aliphatic heterocycles. The van der Waals surface area contributed by atoms with Crippen LogP contribution in [0.25, 0.3) is 0 Å². The molecule has 7 nitrogen and oxygen atoms in total. The summed E-state index contributed by atoms with van der Waals surface area (Å²) >= 11 is 0. The van der Waals surface area contributed by atoms with Gasteiger partial charge in [-0.25, -0.2) is 9.18 Å². The van der Waals surface area contributed by atoms with Gasteiger partial charge >= 0.3 is 6.03 Å². The average molecular weight is 401 g/mol. The van der Waals surface area contributed by atoms with Gasteiger partial charge in [0, 0.05) is 68.2 Å². The molecule has 1 N–H and O–H groups in total. The quantitative estimate of drug-likeness (QED) is 0.856. The van der Waals surface area contributed by atoms with Crippen LogP contribution in [-0.4, -0.2) is 58.4 Å². The third-order valence-electron chi connectivity index (χ3n) is 5.82. The molecular weight excluding hydrogens is 373 g/mol. The molecule has 0 bridgehead atoms. The number of urea groups is 1. The van der Waals surface area contributed by atoms with Gasteiger partial charge in [0.05, 0.1) is 18.9 Å². The van der Waals surface area contributed by atoms with E-state index in [1.54, 1.807) is 24.0 Å². The van der Waals surface area contributed by atoms with Crippen molar-refractivity contribution in [3.05, 3.63) is 46.5 Å². The van der Waals surface area contributed by atoms with Crippen molar-refractivity contribution in [2.75, 3.05) is 38.1 Å². The third-order valence-corrected chi connectivity index (χ3v) is 5.82. The number of ether oxygens (including phenoxy) is 1. The van der Waals surface area contributed by atoms with E-state index in [0.717, 1.165) is 44.9 Å². The van der Waals surface area contributed by atoms with Crippen LogP contribution >= 0.6 is 0 Å². The Morgan fingerprint density at radius 1 is 1.28 bits per heavy atom. The maximum Gasteiger partial charge on any atom is 0.321 e. The second-order valence-corrected chi connectivity index (χ2v) is 7.60. The fourth-order valence-corrected chi connectivity index (χ4v) is 4.03. The number of carbonyl (C=O) groups excluding carboxylic acids is 1. The number of amides is 2. The minimum absolute atomic E-state index is 0.181. The van der Waals surface area contributed by atoms with Gasteiger partial charge in [-0.2, -0.15) is 5.10 Å². The fourth-order valence-electron chi connectivity index (χ4n) is 4.03. The highest BCUT2D eigenvalue weighted by atomic mass is 19.1. The van der Waals surface area contributed by atoms with E-state index in [1.165, 1.54) is 17.3 Å². The molecule has 4 rings (SSSR count). The van der Waals surface area contributed by atoms with Crippen LogP contribution in [0.1, 0.15) is 29.4 Å². The van der Waals surface area contributed by atoms with Crippen molar-refractivity contribution in [2.24, 2.45) is 0 Å². The number of hydrogen-bond acceptors (Lipinski definition) is 4. The van der Waals surface area contributed by atoms with Crippen LogP contribution in [0.3, 0.4) is 0 Å². The number of anilines is 1. The van der Waals surface area contributed by atoms with Gasteiger partial charge in [-0.05, 0) is 26.0 Å². The zero-order valence-electron chi connectivity index (χ0n) is 17.1. The molecule has 1 aromatic heterocycles. The zero-order chi connectivity index (χ0) is 20.4. The Hall–Kier alpha value is -2.45. The van der Waals surface area contributed by atoms with Gasteiger partial charge in [-0.3, -0.25) is 9.58 Å². The number of carbonyl (C=O) groups is 1. The lowest BCUT2D eigenvalue weighted by Gasteiger charge is -2.34. The maximum atomic E-state index is 13.7. The molecule has 0 atom stereocenters. The number of halogens is 1. The van der Waals surface area contributed by atoms with Crippen molar-refractivity contribution in [1.29, 1.82) is 0 Å². The number of rotatable bonds is 4. The summed E-state index contributed by atoms with van der Waals surface area (Å²) in [6.07, 6.45) is 0.920. The summed E-state index contributed by atoms with van der Waals surface area (Å²) < 4.78 is 21.4. The Balaban J connectivity index is 1.35. The molecule has 0 saturated carbocycles. The molecule has 1 saturated heterocycles. The molecule has 2 aromatic rings. The monoisotopic (exact) mass is 401 g/mol. The van der Waals surface area contributed by atoms with Crippen LogP contribution in [0.5, 0.6) is 0 Å². The van der Waals surface area contributed by atoms with Crippen molar-refractivity contribution < 1.29 is 13.9 Å². The SMILES string of the molecule is CCn1nc(CN2CCN(C(=O)Nc3cccc(F)c3C)CC2)c2c1CCOC2. The summed E-state index contributed by atoms with van der Waals surface area (Å²) in [5, 5.41) is 7.63. The number of hydrogen-bond donors (Lipinski definition) is 1. The van der Waals surface area contributed by atoms with E-state index in [0.29, 0.717) is 30.9 Å². The Bertz CT molecular complexity index is 889. The first-order valence-corrected chi connectivity index (χ1v) is 10.3. The van der Waals surface area contributed by atoms with Crippen molar-refractivity contribution in [3.8, 4) is 0 Å². The minimum Gasteiger partial charge on any atom is -0.376 e. The predicted molar refractivity (Wildman–Crippen MR) is 108 cm³/mol. The van der Waals surface area contributed by atoms with Gasteiger partial charge in [0.2, 0.25) is 0 Å². The molecule has 3 heterocycles. The predicted octanol–water partition coefficient (Wildman–Crippen LogP) is 2.77. The highest BCUT2D eigenvalue weighted by molar-refractivity contribution is 5.90. The summed E-state index contributed by atoms with van der Waals surface area (Å²) in [6.45, 7) is 9.66. The molecular formula is C21H28FN5O2. The zero-order valence-corrected chi connectivity index (χ0v) is 17.1. The Kier molecular flexibility index (Phi) is 5.82. The van der Waals surface area contributed by atoms with Crippen LogP contribution in [0.4, 0.5) is 14.9 Å². The van der Waals surface area contributed by atoms with E-state index in [2.05, 4.69) is 21.8 Å². The molecule has 8 heteroatoms. The Morgan fingerprint density at radius 2 is 2.07 bits per heavy atom. The number of benzene rings is 1. The summed E-state index contributed by atoms with van der Waals surface area (Å²) in [6, 6.07) is 4.55. The van der Waals surface area contributed by atoms with Gasteiger partial charge in [-0.15, -0.1) is 0 Å². The van der Waals surface area contributed by atoms with Crippen molar-refractivity contribution in [1.82, 2.24) is 19.6 Å². The van der Waals surface area contributed by atoms with Crippen molar-refractivity contribution in [2.45, 2.75) is 40.0 Å². The summed E-state index contributed by atoms with van der Waals surface area (Å²) in [5.74, 6) is -0.313. The van der Waals surface area contributed by atoms with E-state index in [-0.39, 0.29) is 11.8 Å². The third kappa shape index (κ3) is 4.13. The standard InChI is InChI=1S/C21H28FN5O2/c1-3-27-20-7-12-29-14-16(20)19(24-27)13-25-8-10-26(11-9-25)21(28)23-18-6-4-5-17(22)15(18)2/h4-6H,3,7-14H2,1-2H3,(H,23,28). The normalized spacial score (nSPS) is 17.3. The largest absolute Gasteiger partial charge is 0.376 e. The lowest BCUT2D eigenvalue weighted by molar-refractivity contribution is 0.106. The highest BCUT2D eigenvalue weighted by Gasteiger charge is 2.25. The molecule has 2 aliphatic rings. The summed E-state index contributed by atoms with van der Waals surface area (Å²) in [4.78, 5) is 16.7. The molecule has 1 aromatic carbocycles. The molecule has 0 radical (unpaired) electrons. The van der Waals surface area contributed by atoms with Crippen LogP contribution in [0.2, 0.25) is 0 Å². The van der Waals surface area contributed by atoms with E-state index in [4.69, 9.17) is 9.84 Å². The summed E-state index contributed by atoms with van der Waals surface area (Å²) in [5.41, 5.74) is 4.61. The molecule has 2 amide bonds. The van der Waals surface area contributed by atoms with E-state index >= 15 is 0 Å². The van der Waals surface area contributed by atoms with Gasteiger partial charge in [0.15, 0.2) is 0 Å². The first kappa shape index (κ1) is 19.8. The number of piperazine rings is 1. The van der Waals surface area contributed by atoms with Crippen molar-refractivity contribution in [3.63, 3.8) is 0 Å². The fraction of sp³-hybridized carbons (Fsp3) is 0.524. The van der Waals surface area contributed by atoms with Gasteiger partial charge in [0.1, 0.15) is 5.82 Å². The number of nitrogens with one attached hydrogen (secondary N) is 1. The highest BCUT2D eigenvalue weighted by Crippen LogP contribution is 2.23. The lowest BCUT2D eigenvalue weighted by atomic mass is 10.1.